The molecular formula is C14H19NO2. The van der Waals surface area contributed by atoms with Crippen molar-refractivity contribution >= 4 is 5.97 Å². The van der Waals surface area contributed by atoms with Gasteiger partial charge in [-0.25, -0.2) is 0 Å². The average Bonchev–Trinajstić information content (AvgIpc) is 2.39. The molecule has 0 radical (unpaired) electrons. The van der Waals surface area contributed by atoms with Gasteiger partial charge in [0.1, 0.15) is 6.04 Å². The highest BCUT2D eigenvalue weighted by molar-refractivity contribution is 5.75. The molecule has 92 valence electrons. The van der Waals surface area contributed by atoms with Gasteiger partial charge in [0.2, 0.25) is 0 Å². The number of carbonyl (C=O) groups is 1. The van der Waals surface area contributed by atoms with Gasteiger partial charge in [0.25, 0.3) is 0 Å². The Labute approximate surface area is 102 Å². The van der Waals surface area contributed by atoms with Crippen molar-refractivity contribution < 1.29 is 9.53 Å². The van der Waals surface area contributed by atoms with Gasteiger partial charge in [-0.15, -0.1) is 0 Å². The molecule has 17 heavy (non-hydrogen) atoms. The van der Waals surface area contributed by atoms with Crippen LogP contribution >= 0.6 is 0 Å². The lowest BCUT2D eigenvalue weighted by atomic mass is 9.86. The second kappa shape index (κ2) is 5.32. The molecule has 0 aromatic heterocycles. The van der Waals surface area contributed by atoms with E-state index in [2.05, 4.69) is 36.5 Å². The monoisotopic (exact) mass is 233 g/mol. The molecule has 0 saturated carbocycles. The topological polar surface area (TPSA) is 38.3 Å². The minimum Gasteiger partial charge on any atom is -0.468 e. The number of esters is 1. The lowest BCUT2D eigenvalue weighted by Gasteiger charge is -2.29. The van der Waals surface area contributed by atoms with E-state index < -0.39 is 0 Å². The maximum atomic E-state index is 11.4. The summed E-state index contributed by atoms with van der Waals surface area (Å²) in [7, 11) is 1.44. The molecule has 0 bridgehead atoms. The molecule has 2 atom stereocenters. The number of ether oxygens (including phenoxy) is 1. The fraction of sp³-hybridized carbons (Fsp3) is 0.500. The number of carbonyl (C=O) groups excluding carboxylic acids is 1. The molecule has 1 aliphatic rings. The predicted octanol–water partition coefficient (Wildman–Crippen LogP) is 2.00. The predicted molar refractivity (Wildman–Crippen MR) is 67.0 cm³/mol. The van der Waals surface area contributed by atoms with E-state index in [9.17, 15) is 4.79 Å². The van der Waals surface area contributed by atoms with Crippen molar-refractivity contribution in [3.8, 4) is 0 Å². The zero-order valence-corrected chi connectivity index (χ0v) is 10.4. The first-order valence-electron chi connectivity index (χ1n) is 6.09. The molecule has 3 heteroatoms. The van der Waals surface area contributed by atoms with E-state index in [1.54, 1.807) is 0 Å². The molecule has 3 nitrogen and oxygen atoms in total. The van der Waals surface area contributed by atoms with Crippen LogP contribution in [0.3, 0.4) is 0 Å². The van der Waals surface area contributed by atoms with E-state index in [0.29, 0.717) is 5.92 Å². The number of benzene rings is 1. The van der Waals surface area contributed by atoms with Crippen LogP contribution in [0, 0.1) is 6.92 Å². The van der Waals surface area contributed by atoms with Gasteiger partial charge in [0, 0.05) is 6.54 Å². The Balaban J connectivity index is 2.00. The molecule has 2 rings (SSSR count). The Kier molecular flexibility index (Phi) is 3.79. The molecule has 0 amide bonds. The van der Waals surface area contributed by atoms with E-state index in [0.717, 1.165) is 19.4 Å². The van der Waals surface area contributed by atoms with Crippen molar-refractivity contribution in [3.05, 3.63) is 35.4 Å². The summed E-state index contributed by atoms with van der Waals surface area (Å²) in [5.74, 6) is 0.366. The largest absolute Gasteiger partial charge is 0.468 e. The van der Waals surface area contributed by atoms with Gasteiger partial charge in [-0.2, -0.15) is 0 Å². The minimum atomic E-state index is -0.145. The van der Waals surface area contributed by atoms with Gasteiger partial charge >= 0.3 is 5.97 Å². The van der Waals surface area contributed by atoms with Crippen molar-refractivity contribution in [2.24, 2.45) is 0 Å². The first-order chi connectivity index (χ1) is 8.22. The maximum Gasteiger partial charge on any atom is 0.322 e. The van der Waals surface area contributed by atoms with Crippen molar-refractivity contribution in [1.82, 2.24) is 5.32 Å². The van der Waals surface area contributed by atoms with Crippen LogP contribution in [0.4, 0.5) is 0 Å². The third-order valence-corrected chi connectivity index (χ3v) is 3.53. The Morgan fingerprint density at radius 2 is 2.12 bits per heavy atom. The Hall–Kier alpha value is -1.35. The number of aryl methyl sites for hydroxylation is 1. The van der Waals surface area contributed by atoms with Gasteiger partial charge in [-0.05, 0) is 36.8 Å². The molecule has 1 aromatic carbocycles. The SMILES string of the molecule is COC(=O)[C@H]1CC[C@H](c2ccccc2C)CN1. The number of methoxy groups -OCH3 is 1. The van der Waals surface area contributed by atoms with E-state index >= 15 is 0 Å². The molecular weight excluding hydrogens is 214 g/mol. The number of nitrogens with one attached hydrogen (secondary N) is 1. The zero-order chi connectivity index (χ0) is 12.3. The quantitative estimate of drug-likeness (QED) is 0.794. The van der Waals surface area contributed by atoms with E-state index in [4.69, 9.17) is 4.74 Å². The first-order valence-corrected chi connectivity index (χ1v) is 6.09. The van der Waals surface area contributed by atoms with Crippen molar-refractivity contribution in [3.63, 3.8) is 0 Å². The van der Waals surface area contributed by atoms with Crippen molar-refractivity contribution in [1.29, 1.82) is 0 Å². The normalized spacial score (nSPS) is 24.4. The number of piperidine rings is 1. The van der Waals surface area contributed by atoms with Crippen LogP contribution in [0.2, 0.25) is 0 Å². The van der Waals surface area contributed by atoms with Crippen molar-refractivity contribution in [2.45, 2.75) is 31.7 Å². The fourth-order valence-electron chi connectivity index (χ4n) is 2.51. The van der Waals surface area contributed by atoms with E-state index in [1.165, 1.54) is 18.2 Å². The Morgan fingerprint density at radius 3 is 2.71 bits per heavy atom. The standard InChI is InChI=1S/C14H19NO2/c1-10-5-3-4-6-12(10)11-7-8-13(15-9-11)14(16)17-2/h3-6,11,13,15H,7-9H2,1-2H3/t11-,13+/m0/s1. The third-order valence-electron chi connectivity index (χ3n) is 3.53. The van der Waals surface area contributed by atoms with Crippen LogP contribution in [0.1, 0.15) is 29.9 Å². The van der Waals surface area contributed by atoms with Crippen LogP contribution in [0.25, 0.3) is 0 Å². The van der Waals surface area contributed by atoms with Crippen LogP contribution in [-0.2, 0) is 9.53 Å². The summed E-state index contributed by atoms with van der Waals surface area (Å²) in [6.07, 6.45) is 1.89. The van der Waals surface area contributed by atoms with Gasteiger partial charge < -0.3 is 10.1 Å². The van der Waals surface area contributed by atoms with E-state index in [1.807, 2.05) is 0 Å². The van der Waals surface area contributed by atoms with Crippen molar-refractivity contribution in [2.75, 3.05) is 13.7 Å². The summed E-state index contributed by atoms with van der Waals surface area (Å²) in [5, 5.41) is 3.27. The molecule has 0 aliphatic carbocycles. The van der Waals surface area contributed by atoms with E-state index in [-0.39, 0.29) is 12.0 Å². The summed E-state index contributed by atoms with van der Waals surface area (Å²) in [4.78, 5) is 11.4. The number of rotatable bonds is 2. The molecule has 1 aliphatic heterocycles. The molecule has 0 unspecified atom stereocenters. The fourth-order valence-corrected chi connectivity index (χ4v) is 2.51. The second-order valence-corrected chi connectivity index (χ2v) is 4.61. The smallest absolute Gasteiger partial charge is 0.322 e. The molecule has 0 spiro atoms. The first kappa shape index (κ1) is 12.1. The molecule has 1 heterocycles. The summed E-state index contributed by atoms with van der Waals surface area (Å²) in [5.41, 5.74) is 2.72. The third kappa shape index (κ3) is 2.67. The lowest BCUT2D eigenvalue weighted by molar-refractivity contribution is -0.143. The highest BCUT2D eigenvalue weighted by Gasteiger charge is 2.27. The summed E-state index contributed by atoms with van der Waals surface area (Å²) < 4.78 is 4.75. The second-order valence-electron chi connectivity index (χ2n) is 4.61. The summed E-state index contributed by atoms with van der Waals surface area (Å²) in [6, 6.07) is 8.34. The lowest BCUT2D eigenvalue weighted by Crippen LogP contribution is -2.43. The molecule has 1 aromatic rings. The number of hydrogen-bond donors (Lipinski definition) is 1. The van der Waals surface area contributed by atoms with Crippen LogP contribution in [0.15, 0.2) is 24.3 Å². The highest BCUT2D eigenvalue weighted by atomic mass is 16.5. The Morgan fingerprint density at radius 1 is 1.35 bits per heavy atom. The summed E-state index contributed by atoms with van der Waals surface area (Å²) in [6.45, 7) is 2.99. The van der Waals surface area contributed by atoms with Crippen LogP contribution in [0.5, 0.6) is 0 Å². The van der Waals surface area contributed by atoms with Crippen LogP contribution < -0.4 is 5.32 Å². The summed E-state index contributed by atoms with van der Waals surface area (Å²) >= 11 is 0. The van der Waals surface area contributed by atoms with Crippen LogP contribution in [-0.4, -0.2) is 25.7 Å². The molecule has 1 fully saturated rings. The van der Waals surface area contributed by atoms with Gasteiger partial charge in [0.15, 0.2) is 0 Å². The number of hydrogen-bond acceptors (Lipinski definition) is 3. The highest BCUT2D eigenvalue weighted by Crippen LogP contribution is 2.27. The van der Waals surface area contributed by atoms with Gasteiger partial charge in [-0.3, -0.25) is 4.79 Å². The zero-order valence-electron chi connectivity index (χ0n) is 10.4. The average molecular weight is 233 g/mol. The van der Waals surface area contributed by atoms with Gasteiger partial charge in [0.05, 0.1) is 7.11 Å². The van der Waals surface area contributed by atoms with Gasteiger partial charge in [-0.1, -0.05) is 24.3 Å². The molecule has 1 saturated heterocycles. The molecule has 1 N–H and O–H groups in total. The Bertz CT molecular complexity index is 395. The minimum absolute atomic E-state index is 0.125. The maximum absolute atomic E-state index is 11.4.